The van der Waals surface area contributed by atoms with Crippen molar-refractivity contribution >= 4 is 6.09 Å². The van der Waals surface area contributed by atoms with Gasteiger partial charge in [-0.2, -0.15) is 5.26 Å². The number of rotatable bonds is 3. The fourth-order valence-electron chi connectivity index (χ4n) is 1.58. The van der Waals surface area contributed by atoms with Crippen LogP contribution >= 0.6 is 0 Å². The van der Waals surface area contributed by atoms with Crippen LogP contribution in [-0.2, 0) is 11.2 Å². The molecule has 0 saturated heterocycles. The number of benzene rings is 1. The molecular formula is C17H20N2O2. The fraction of sp³-hybridized carbons (Fsp3) is 0.412. The summed E-state index contributed by atoms with van der Waals surface area (Å²) in [6.07, 6.45) is 0.440. The van der Waals surface area contributed by atoms with Gasteiger partial charge in [0.2, 0.25) is 0 Å². The Bertz CT molecular complexity index is 583. The van der Waals surface area contributed by atoms with Gasteiger partial charge in [0.1, 0.15) is 5.60 Å². The molecule has 0 unspecified atom stereocenters. The third-order valence-corrected chi connectivity index (χ3v) is 2.43. The SMILES string of the molecule is CC(C)(C)OC(=O)NCCC#Cc1ccccc1CC#N. The Labute approximate surface area is 126 Å². The fourth-order valence-corrected chi connectivity index (χ4v) is 1.58. The van der Waals surface area contributed by atoms with Crippen LogP contribution in [0.15, 0.2) is 24.3 Å². The molecule has 1 aromatic carbocycles. The summed E-state index contributed by atoms with van der Waals surface area (Å²) in [5.74, 6) is 6.02. The van der Waals surface area contributed by atoms with Crippen LogP contribution in [0.4, 0.5) is 4.79 Å². The van der Waals surface area contributed by atoms with Gasteiger partial charge in [0, 0.05) is 18.5 Å². The van der Waals surface area contributed by atoms with E-state index in [2.05, 4.69) is 23.2 Å². The monoisotopic (exact) mass is 284 g/mol. The molecule has 1 N–H and O–H groups in total. The number of carbonyl (C=O) groups excluding carboxylic acids is 1. The Morgan fingerprint density at radius 1 is 1.33 bits per heavy atom. The van der Waals surface area contributed by atoms with E-state index in [-0.39, 0.29) is 0 Å². The van der Waals surface area contributed by atoms with E-state index < -0.39 is 11.7 Å². The van der Waals surface area contributed by atoms with Gasteiger partial charge in [0.25, 0.3) is 0 Å². The van der Waals surface area contributed by atoms with Gasteiger partial charge in [-0.25, -0.2) is 4.79 Å². The lowest BCUT2D eigenvalue weighted by atomic mass is 10.1. The standard InChI is InChI=1S/C17H20N2O2/c1-17(2,3)21-16(20)19-13-7-6-10-14-8-4-5-9-15(14)11-12-18/h4-5,8-9H,7,11,13H2,1-3H3,(H,19,20). The summed E-state index contributed by atoms with van der Waals surface area (Å²) < 4.78 is 5.12. The number of ether oxygens (including phenoxy) is 1. The second-order valence-corrected chi connectivity index (χ2v) is 5.47. The average molecular weight is 284 g/mol. The first-order valence-electron chi connectivity index (χ1n) is 6.83. The van der Waals surface area contributed by atoms with Gasteiger partial charge in [0.05, 0.1) is 12.5 Å². The maximum atomic E-state index is 11.4. The lowest BCUT2D eigenvalue weighted by molar-refractivity contribution is 0.0529. The first kappa shape index (κ1) is 16.6. The van der Waals surface area contributed by atoms with Crippen LogP contribution in [0.1, 0.15) is 38.3 Å². The van der Waals surface area contributed by atoms with Crippen LogP contribution in [0.5, 0.6) is 0 Å². The van der Waals surface area contributed by atoms with Crippen LogP contribution in [0.2, 0.25) is 0 Å². The second kappa shape index (κ2) is 7.97. The van der Waals surface area contributed by atoms with E-state index in [0.717, 1.165) is 11.1 Å². The van der Waals surface area contributed by atoms with Crippen molar-refractivity contribution in [3.63, 3.8) is 0 Å². The van der Waals surface area contributed by atoms with Crippen molar-refractivity contribution in [3.05, 3.63) is 35.4 Å². The molecule has 4 nitrogen and oxygen atoms in total. The molecule has 0 aliphatic rings. The molecule has 0 bridgehead atoms. The highest BCUT2D eigenvalue weighted by atomic mass is 16.6. The van der Waals surface area contributed by atoms with Crippen molar-refractivity contribution < 1.29 is 9.53 Å². The molecule has 1 aromatic rings. The highest BCUT2D eigenvalue weighted by Gasteiger charge is 2.15. The van der Waals surface area contributed by atoms with Gasteiger partial charge in [0.15, 0.2) is 0 Å². The Kier molecular flexibility index (Phi) is 6.30. The summed E-state index contributed by atoms with van der Waals surface area (Å²) in [5, 5.41) is 11.4. The van der Waals surface area contributed by atoms with E-state index in [1.54, 1.807) is 0 Å². The van der Waals surface area contributed by atoms with Crippen molar-refractivity contribution in [2.75, 3.05) is 6.54 Å². The largest absolute Gasteiger partial charge is 0.444 e. The quantitative estimate of drug-likeness (QED) is 0.685. The molecule has 0 radical (unpaired) electrons. The minimum atomic E-state index is -0.494. The number of hydrogen-bond acceptors (Lipinski definition) is 3. The minimum Gasteiger partial charge on any atom is -0.444 e. The minimum absolute atomic E-state index is 0.348. The average Bonchev–Trinajstić information content (AvgIpc) is 2.38. The number of alkyl carbamates (subject to hydrolysis) is 1. The van der Waals surface area contributed by atoms with E-state index in [0.29, 0.717) is 19.4 Å². The first-order valence-corrected chi connectivity index (χ1v) is 6.83. The Hall–Kier alpha value is -2.46. The molecule has 0 aromatic heterocycles. The zero-order chi connectivity index (χ0) is 15.7. The summed E-state index contributed by atoms with van der Waals surface area (Å²) in [6, 6.07) is 9.69. The van der Waals surface area contributed by atoms with Crippen molar-refractivity contribution in [1.82, 2.24) is 5.32 Å². The molecule has 4 heteroatoms. The Morgan fingerprint density at radius 3 is 2.71 bits per heavy atom. The predicted octanol–water partition coefficient (Wildman–Crippen LogP) is 3.02. The van der Waals surface area contributed by atoms with Crippen LogP contribution in [0, 0.1) is 23.2 Å². The normalized spacial score (nSPS) is 10.0. The molecule has 110 valence electrons. The molecule has 0 aliphatic heterocycles. The number of amides is 1. The van der Waals surface area contributed by atoms with E-state index in [9.17, 15) is 4.79 Å². The number of nitrogens with one attached hydrogen (secondary N) is 1. The summed E-state index contributed by atoms with van der Waals surface area (Å²) in [6.45, 7) is 5.89. The molecule has 0 spiro atoms. The molecule has 0 aliphatic carbocycles. The van der Waals surface area contributed by atoms with E-state index in [4.69, 9.17) is 10.00 Å². The van der Waals surface area contributed by atoms with Crippen LogP contribution < -0.4 is 5.32 Å². The van der Waals surface area contributed by atoms with E-state index in [1.165, 1.54) is 0 Å². The summed E-state index contributed by atoms with van der Waals surface area (Å²) >= 11 is 0. The zero-order valence-corrected chi connectivity index (χ0v) is 12.7. The summed E-state index contributed by atoms with van der Waals surface area (Å²) in [7, 11) is 0. The first-order chi connectivity index (χ1) is 9.92. The Morgan fingerprint density at radius 2 is 2.05 bits per heavy atom. The van der Waals surface area contributed by atoms with Crippen molar-refractivity contribution in [1.29, 1.82) is 5.26 Å². The van der Waals surface area contributed by atoms with E-state index >= 15 is 0 Å². The van der Waals surface area contributed by atoms with Gasteiger partial charge < -0.3 is 10.1 Å². The molecule has 0 heterocycles. The Balaban J connectivity index is 2.44. The third kappa shape index (κ3) is 7.03. The van der Waals surface area contributed by atoms with E-state index in [1.807, 2.05) is 45.0 Å². The molecule has 21 heavy (non-hydrogen) atoms. The number of nitrogens with zero attached hydrogens (tertiary/aromatic N) is 1. The highest BCUT2D eigenvalue weighted by molar-refractivity contribution is 5.67. The smallest absolute Gasteiger partial charge is 0.407 e. The van der Waals surface area contributed by atoms with Crippen LogP contribution in [0.25, 0.3) is 0 Å². The van der Waals surface area contributed by atoms with Crippen LogP contribution in [0.3, 0.4) is 0 Å². The van der Waals surface area contributed by atoms with Crippen molar-refractivity contribution in [2.24, 2.45) is 0 Å². The number of hydrogen-bond donors (Lipinski definition) is 1. The lowest BCUT2D eigenvalue weighted by Crippen LogP contribution is -2.32. The maximum Gasteiger partial charge on any atom is 0.407 e. The number of carbonyl (C=O) groups is 1. The zero-order valence-electron chi connectivity index (χ0n) is 12.7. The topological polar surface area (TPSA) is 62.1 Å². The maximum absolute atomic E-state index is 11.4. The molecule has 0 fully saturated rings. The molecule has 0 atom stereocenters. The van der Waals surface area contributed by atoms with Crippen molar-refractivity contribution in [2.45, 2.75) is 39.2 Å². The predicted molar refractivity (Wildman–Crippen MR) is 81.5 cm³/mol. The van der Waals surface area contributed by atoms with Gasteiger partial charge in [-0.1, -0.05) is 30.0 Å². The molecule has 0 saturated carbocycles. The molecule has 1 rings (SSSR count). The second-order valence-electron chi connectivity index (χ2n) is 5.47. The summed E-state index contributed by atoms with van der Waals surface area (Å²) in [5.41, 5.74) is 1.29. The van der Waals surface area contributed by atoms with Crippen LogP contribution in [-0.4, -0.2) is 18.2 Å². The third-order valence-electron chi connectivity index (χ3n) is 2.43. The lowest BCUT2D eigenvalue weighted by Gasteiger charge is -2.19. The van der Waals surface area contributed by atoms with Gasteiger partial charge in [-0.3, -0.25) is 0 Å². The number of nitriles is 1. The van der Waals surface area contributed by atoms with Gasteiger partial charge >= 0.3 is 6.09 Å². The highest BCUT2D eigenvalue weighted by Crippen LogP contribution is 2.08. The van der Waals surface area contributed by atoms with Gasteiger partial charge in [-0.05, 0) is 32.4 Å². The van der Waals surface area contributed by atoms with Gasteiger partial charge in [-0.15, -0.1) is 0 Å². The molecule has 1 amide bonds. The van der Waals surface area contributed by atoms with Crippen molar-refractivity contribution in [3.8, 4) is 17.9 Å². The summed E-state index contributed by atoms with van der Waals surface area (Å²) in [4.78, 5) is 11.4. The molecular weight excluding hydrogens is 264 g/mol.